The number of aromatic nitrogens is 1. The van der Waals surface area contributed by atoms with E-state index in [2.05, 4.69) is 197 Å². The number of nitrogens with one attached hydrogen (secondary N) is 1. The molecule has 11 unspecified atom stereocenters. The zero-order valence-electron chi connectivity index (χ0n) is 39.6. The second-order valence-electron chi connectivity index (χ2n) is 21.4. The number of nitrogens with zero attached hydrogens (tertiary/aromatic N) is 3. The molecule has 0 spiro atoms. The van der Waals surface area contributed by atoms with E-state index in [1.54, 1.807) is 5.57 Å². The molecule has 1 N–H and O–H groups in total. The molecule has 0 radical (unpaired) electrons. The Hall–Kier alpha value is -6.65. The summed E-state index contributed by atoms with van der Waals surface area (Å²) < 4.78 is 2.79. The first kappa shape index (κ1) is 41.3. The van der Waals surface area contributed by atoms with Gasteiger partial charge in [-0.3, -0.25) is 4.99 Å². The first-order chi connectivity index (χ1) is 34.1. The molecule has 0 bridgehead atoms. The predicted molar refractivity (Wildman–Crippen MR) is 288 cm³/mol. The summed E-state index contributed by atoms with van der Waals surface area (Å²) in [6, 6.07) is 15.0. The van der Waals surface area contributed by atoms with Crippen LogP contribution in [0.1, 0.15) is 97.4 Å². The van der Waals surface area contributed by atoms with Crippen LogP contribution >= 0.6 is 0 Å². The van der Waals surface area contributed by atoms with Gasteiger partial charge in [-0.2, -0.15) is 0 Å². The number of aliphatic imine (C=N–C) groups is 1. The lowest BCUT2D eigenvalue weighted by molar-refractivity contribution is 0.415. The lowest BCUT2D eigenvalue weighted by Crippen LogP contribution is -2.46. The van der Waals surface area contributed by atoms with Crippen LogP contribution in [0.25, 0.3) is 22.9 Å². The van der Waals surface area contributed by atoms with E-state index >= 15 is 0 Å². The van der Waals surface area contributed by atoms with Gasteiger partial charge in [0.15, 0.2) is 0 Å². The average Bonchev–Trinajstić information content (AvgIpc) is 3.92. The summed E-state index contributed by atoms with van der Waals surface area (Å²) in [7, 11) is 0. The van der Waals surface area contributed by atoms with Gasteiger partial charge >= 0.3 is 0 Å². The highest BCUT2D eigenvalue weighted by Gasteiger charge is 2.50. The van der Waals surface area contributed by atoms with Crippen LogP contribution in [0.15, 0.2) is 210 Å². The number of amidine groups is 1. The number of fused-ring (bicyclic) bond motifs is 10. The molecule has 14 rings (SSSR count). The molecule has 3 heterocycles. The highest BCUT2D eigenvalue weighted by Crippen LogP contribution is 2.54. The van der Waals surface area contributed by atoms with E-state index in [4.69, 9.17) is 11.6 Å². The number of hydrogen-bond donors (Lipinski definition) is 1. The van der Waals surface area contributed by atoms with Crippen molar-refractivity contribution < 1.29 is 0 Å². The summed E-state index contributed by atoms with van der Waals surface area (Å²) in [4.78, 5) is 8.65. The van der Waals surface area contributed by atoms with E-state index in [1.807, 2.05) is 0 Å². The van der Waals surface area contributed by atoms with Gasteiger partial charge in [0, 0.05) is 63.7 Å². The highest BCUT2D eigenvalue weighted by atomic mass is 15.2. The molecule has 4 nitrogen and oxygen atoms in total. The molecule has 0 saturated carbocycles. The van der Waals surface area contributed by atoms with Gasteiger partial charge in [0.1, 0.15) is 11.9 Å². The minimum atomic E-state index is -0.187. The number of allylic oxidation sites excluding steroid dienone is 21. The fourth-order valence-electron chi connectivity index (χ4n) is 14.4. The van der Waals surface area contributed by atoms with Crippen molar-refractivity contribution in [3.63, 3.8) is 0 Å². The van der Waals surface area contributed by atoms with Crippen molar-refractivity contribution >= 4 is 34.4 Å². The fraction of sp³-hybridized carbons (Fsp3) is 0.308. The lowest BCUT2D eigenvalue weighted by atomic mass is 9.75. The van der Waals surface area contributed by atoms with Crippen molar-refractivity contribution in [2.24, 2.45) is 34.6 Å². The predicted octanol–water partition coefficient (Wildman–Crippen LogP) is 14.5. The van der Waals surface area contributed by atoms with E-state index in [0.29, 0.717) is 41.7 Å². The Morgan fingerprint density at radius 3 is 2.58 bits per heavy atom. The third-order valence-corrected chi connectivity index (χ3v) is 17.6. The lowest BCUT2D eigenvalue weighted by Gasteiger charge is -2.40. The Bertz CT molecular complexity index is 3170. The van der Waals surface area contributed by atoms with Gasteiger partial charge in [0.25, 0.3) is 0 Å². The number of rotatable bonds is 6. The molecule has 4 heteroatoms. The average molecular weight is 899 g/mol. The van der Waals surface area contributed by atoms with E-state index < -0.39 is 0 Å². The van der Waals surface area contributed by atoms with Crippen LogP contribution in [0.4, 0.5) is 5.69 Å². The minimum absolute atomic E-state index is 0.0484. The largest absolute Gasteiger partial charge is 0.363 e. The fourth-order valence-corrected chi connectivity index (χ4v) is 14.4. The maximum atomic E-state index is 5.71. The summed E-state index contributed by atoms with van der Waals surface area (Å²) in [6.07, 6.45) is 67.1. The quantitative estimate of drug-likeness (QED) is 0.250. The molecular formula is C65H62N4. The van der Waals surface area contributed by atoms with Crippen molar-refractivity contribution in [2.75, 3.05) is 4.90 Å². The molecule has 1 fully saturated rings. The van der Waals surface area contributed by atoms with Crippen LogP contribution in [0.3, 0.4) is 0 Å². The molecule has 2 aromatic carbocycles. The summed E-state index contributed by atoms with van der Waals surface area (Å²) in [5.74, 6) is 3.38. The van der Waals surface area contributed by atoms with Gasteiger partial charge in [-0.05, 0) is 126 Å². The summed E-state index contributed by atoms with van der Waals surface area (Å²) in [6.45, 7) is 5.01. The molecule has 69 heavy (non-hydrogen) atoms. The molecule has 0 amide bonds. The number of hydrogen-bond acceptors (Lipinski definition) is 3. The summed E-state index contributed by atoms with van der Waals surface area (Å²) >= 11 is 0. The Labute approximate surface area is 408 Å². The smallest absolute Gasteiger partial charge is 0.129 e. The SMILES string of the molecule is C=C1C(c2cc(N3C4CC5CC=CC=C5C=C4C4C=CC(n5c6c(c7c5CCC=C7)C5C=CC=CC5C=C6)CC43)c3ccccc3c2)N=C(C2=CCCC=C2)NC1C1C=C(C2C=CC=CC2)C=CC1. The van der Waals surface area contributed by atoms with Gasteiger partial charge in [0.05, 0.1) is 18.1 Å². The summed E-state index contributed by atoms with van der Waals surface area (Å²) in [5, 5.41) is 6.63. The van der Waals surface area contributed by atoms with E-state index in [1.165, 1.54) is 61.3 Å². The van der Waals surface area contributed by atoms with Crippen molar-refractivity contribution in [3.8, 4) is 0 Å². The van der Waals surface area contributed by atoms with E-state index in [9.17, 15) is 0 Å². The normalized spacial score (nSPS) is 33.1. The zero-order chi connectivity index (χ0) is 45.6. The van der Waals surface area contributed by atoms with Crippen molar-refractivity contribution in [1.82, 2.24) is 9.88 Å². The zero-order valence-corrected chi connectivity index (χ0v) is 39.6. The molecular weight excluding hydrogens is 837 g/mol. The van der Waals surface area contributed by atoms with Gasteiger partial charge in [-0.15, -0.1) is 0 Å². The van der Waals surface area contributed by atoms with Crippen molar-refractivity contribution in [1.29, 1.82) is 0 Å². The Morgan fingerprint density at radius 1 is 0.739 bits per heavy atom. The second-order valence-corrected chi connectivity index (χ2v) is 21.4. The van der Waals surface area contributed by atoms with Crippen LogP contribution in [0.5, 0.6) is 0 Å². The van der Waals surface area contributed by atoms with Crippen LogP contribution in [0.2, 0.25) is 0 Å². The molecule has 2 aliphatic heterocycles. The monoisotopic (exact) mass is 898 g/mol. The van der Waals surface area contributed by atoms with E-state index in [-0.39, 0.29) is 24.0 Å². The maximum absolute atomic E-state index is 5.71. The van der Waals surface area contributed by atoms with Crippen LogP contribution in [-0.2, 0) is 6.42 Å². The van der Waals surface area contributed by atoms with Gasteiger partial charge < -0.3 is 14.8 Å². The standard InChI is InChI=1S/C65H62N4/c1-41-63(49-26-16-25-45(35-49)42-17-4-2-5-18-42)66-65(44-20-6-3-7-21-44)67-64(41)50-36-48-24-11-12-27-52(48)59(39-50)69-60-38-47-23-9-8-22-46(47)37-56(60)54-33-32-51(40-61(54)69)68-57-30-15-14-29-55(57)62-53-28-13-10-19-43(53)31-34-58(62)68/h2,4-6,8-14,16-17,19-22,24-25,27-29,31-37,39,42-43,47,49,51,53-54,60-61,63-64H,1,3,7,15,18,23,26,30,38,40H2,(H,66,67). The van der Waals surface area contributed by atoms with Gasteiger partial charge in [0.2, 0.25) is 0 Å². The second kappa shape index (κ2) is 16.8. The minimum Gasteiger partial charge on any atom is -0.363 e. The Balaban J connectivity index is 0.897. The third-order valence-electron chi connectivity index (χ3n) is 17.6. The van der Waals surface area contributed by atoms with Gasteiger partial charge in [-0.25, -0.2) is 0 Å². The number of anilines is 1. The third kappa shape index (κ3) is 6.87. The molecule has 342 valence electrons. The van der Waals surface area contributed by atoms with Crippen LogP contribution < -0.4 is 10.2 Å². The van der Waals surface area contributed by atoms with Crippen LogP contribution in [0, 0.1) is 29.6 Å². The van der Waals surface area contributed by atoms with Crippen LogP contribution in [-0.4, -0.2) is 28.5 Å². The van der Waals surface area contributed by atoms with Crippen molar-refractivity contribution in [2.45, 2.75) is 93.9 Å². The van der Waals surface area contributed by atoms with Gasteiger partial charge in [-0.1, -0.05) is 171 Å². The first-order valence-electron chi connectivity index (χ1n) is 26.3. The molecule has 3 aromatic rings. The van der Waals surface area contributed by atoms with E-state index in [0.717, 1.165) is 69.2 Å². The molecule has 11 aliphatic rings. The molecule has 1 aromatic heterocycles. The van der Waals surface area contributed by atoms with Crippen molar-refractivity contribution in [3.05, 3.63) is 233 Å². The number of benzene rings is 2. The molecule has 9 aliphatic carbocycles. The highest BCUT2D eigenvalue weighted by molar-refractivity contribution is 6.02. The Morgan fingerprint density at radius 2 is 1.65 bits per heavy atom. The maximum Gasteiger partial charge on any atom is 0.129 e. The Kier molecular flexibility index (Phi) is 10.1. The molecule has 1 saturated heterocycles. The first-order valence-corrected chi connectivity index (χ1v) is 26.3. The topological polar surface area (TPSA) is 32.6 Å². The molecule has 11 atom stereocenters. The summed E-state index contributed by atoms with van der Waals surface area (Å²) in [5.41, 5.74) is 15.5.